The first kappa shape index (κ1) is 13.3. The molecule has 0 atom stereocenters. The fraction of sp³-hybridized carbons (Fsp3) is 1.00. The molecule has 0 aromatic rings. The Balaban J connectivity index is 1.74. The molecule has 100 valence electrons. The van der Waals surface area contributed by atoms with E-state index in [2.05, 4.69) is 36.0 Å². The molecule has 0 amide bonds. The number of rotatable bonds is 3. The molecule has 17 heavy (non-hydrogen) atoms. The summed E-state index contributed by atoms with van der Waals surface area (Å²) in [4.78, 5) is 5.35. The Morgan fingerprint density at radius 2 is 1.53 bits per heavy atom. The maximum Gasteiger partial charge on any atom is 0.0113 e. The molecule has 1 saturated carbocycles. The summed E-state index contributed by atoms with van der Waals surface area (Å²) < 4.78 is 0. The molecule has 0 unspecified atom stereocenters. The van der Waals surface area contributed by atoms with Gasteiger partial charge in [0.2, 0.25) is 0 Å². The van der Waals surface area contributed by atoms with Crippen LogP contribution in [0, 0.1) is 0 Å². The lowest BCUT2D eigenvalue weighted by atomic mass is 9.90. The van der Waals surface area contributed by atoms with Gasteiger partial charge in [-0.15, -0.1) is 0 Å². The first-order valence-corrected chi connectivity index (χ1v) is 7.36. The fourth-order valence-corrected chi connectivity index (χ4v) is 3.35. The maximum atomic E-state index is 3.42. The molecule has 0 aromatic carbocycles. The molecular weight excluding hydrogens is 210 g/mol. The standard InChI is InChI=1S/C14H29N3/c1-12(2)16-8-10-17(11-9-16)14-6-4-13(15-3)5-7-14/h12-15H,4-11H2,1-3H3. The summed E-state index contributed by atoms with van der Waals surface area (Å²) in [7, 11) is 2.10. The number of nitrogens with one attached hydrogen (secondary N) is 1. The zero-order valence-electron chi connectivity index (χ0n) is 11.8. The quantitative estimate of drug-likeness (QED) is 0.806. The lowest BCUT2D eigenvalue weighted by Gasteiger charge is -2.43. The highest BCUT2D eigenvalue weighted by molar-refractivity contribution is 4.85. The topological polar surface area (TPSA) is 18.5 Å². The van der Waals surface area contributed by atoms with Gasteiger partial charge >= 0.3 is 0 Å². The van der Waals surface area contributed by atoms with Crippen molar-refractivity contribution < 1.29 is 0 Å². The van der Waals surface area contributed by atoms with Crippen molar-refractivity contribution in [3.8, 4) is 0 Å². The first-order valence-electron chi connectivity index (χ1n) is 7.36. The molecule has 2 aliphatic rings. The van der Waals surface area contributed by atoms with Crippen molar-refractivity contribution in [2.45, 2.75) is 57.7 Å². The molecule has 1 heterocycles. The fourth-order valence-electron chi connectivity index (χ4n) is 3.35. The lowest BCUT2D eigenvalue weighted by Crippen LogP contribution is -2.53. The number of hydrogen-bond donors (Lipinski definition) is 1. The zero-order chi connectivity index (χ0) is 12.3. The predicted molar refractivity (Wildman–Crippen MR) is 73.4 cm³/mol. The van der Waals surface area contributed by atoms with E-state index in [-0.39, 0.29) is 0 Å². The van der Waals surface area contributed by atoms with Gasteiger partial charge in [-0.25, -0.2) is 0 Å². The molecule has 0 aromatic heterocycles. The Bertz CT molecular complexity index is 214. The van der Waals surface area contributed by atoms with Gasteiger partial charge in [0, 0.05) is 44.3 Å². The van der Waals surface area contributed by atoms with Crippen molar-refractivity contribution in [1.29, 1.82) is 0 Å². The smallest absolute Gasteiger partial charge is 0.0113 e. The normalized spacial score (nSPS) is 33.2. The van der Waals surface area contributed by atoms with Crippen LogP contribution in [-0.2, 0) is 0 Å². The van der Waals surface area contributed by atoms with E-state index in [1.54, 1.807) is 0 Å². The lowest BCUT2D eigenvalue weighted by molar-refractivity contribution is 0.0608. The summed E-state index contributed by atoms with van der Waals surface area (Å²) in [5, 5.41) is 3.42. The average Bonchev–Trinajstić information content (AvgIpc) is 2.39. The minimum atomic E-state index is 0.720. The third-order valence-electron chi connectivity index (χ3n) is 4.70. The molecule has 2 rings (SSSR count). The molecular formula is C14H29N3. The summed E-state index contributed by atoms with van der Waals surface area (Å²) in [6.45, 7) is 9.73. The third kappa shape index (κ3) is 3.43. The van der Waals surface area contributed by atoms with E-state index < -0.39 is 0 Å². The molecule has 1 aliphatic carbocycles. The van der Waals surface area contributed by atoms with Crippen molar-refractivity contribution in [3.05, 3.63) is 0 Å². The van der Waals surface area contributed by atoms with Gasteiger partial charge in [0.15, 0.2) is 0 Å². The van der Waals surface area contributed by atoms with Crippen LogP contribution in [0.25, 0.3) is 0 Å². The van der Waals surface area contributed by atoms with E-state index in [9.17, 15) is 0 Å². The van der Waals surface area contributed by atoms with Crippen LogP contribution in [0.3, 0.4) is 0 Å². The maximum absolute atomic E-state index is 3.42. The predicted octanol–water partition coefficient (Wildman–Crippen LogP) is 1.54. The summed E-state index contributed by atoms with van der Waals surface area (Å²) in [5.41, 5.74) is 0. The van der Waals surface area contributed by atoms with Crippen molar-refractivity contribution in [2.24, 2.45) is 0 Å². The van der Waals surface area contributed by atoms with Crippen LogP contribution in [0.15, 0.2) is 0 Å². The van der Waals surface area contributed by atoms with Crippen molar-refractivity contribution in [2.75, 3.05) is 33.2 Å². The van der Waals surface area contributed by atoms with Crippen LogP contribution in [0.4, 0.5) is 0 Å². The van der Waals surface area contributed by atoms with E-state index >= 15 is 0 Å². The summed E-state index contributed by atoms with van der Waals surface area (Å²) in [5.74, 6) is 0. The summed E-state index contributed by atoms with van der Waals surface area (Å²) in [6, 6.07) is 2.37. The van der Waals surface area contributed by atoms with E-state index in [1.165, 1.54) is 51.9 Å². The highest BCUT2D eigenvalue weighted by Crippen LogP contribution is 2.24. The molecule has 2 fully saturated rings. The number of piperazine rings is 1. The Hall–Kier alpha value is -0.120. The van der Waals surface area contributed by atoms with Gasteiger partial charge in [0.25, 0.3) is 0 Å². The highest BCUT2D eigenvalue weighted by Gasteiger charge is 2.28. The van der Waals surface area contributed by atoms with Gasteiger partial charge in [0.1, 0.15) is 0 Å². The molecule has 1 aliphatic heterocycles. The van der Waals surface area contributed by atoms with E-state index in [4.69, 9.17) is 0 Å². The van der Waals surface area contributed by atoms with E-state index in [0.29, 0.717) is 0 Å². The third-order valence-corrected chi connectivity index (χ3v) is 4.70. The second-order valence-corrected chi connectivity index (χ2v) is 5.96. The number of nitrogens with zero attached hydrogens (tertiary/aromatic N) is 2. The highest BCUT2D eigenvalue weighted by atomic mass is 15.3. The molecule has 1 saturated heterocycles. The molecule has 0 bridgehead atoms. The second kappa shape index (κ2) is 6.17. The molecule has 3 heteroatoms. The Labute approximate surface area is 107 Å². The van der Waals surface area contributed by atoms with E-state index in [0.717, 1.165) is 18.1 Å². The SMILES string of the molecule is CNC1CCC(N2CCN(C(C)C)CC2)CC1. The van der Waals surface area contributed by atoms with Crippen LogP contribution in [0.5, 0.6) is 0 Å². The molecule has 3 nitrogen and oxygen atoms in total. The summed E-state index contributed by atoms with van der Waals surface area (Å²) in [6.07, 6.45) is 5.53. The number of hydrogen-bond acceptors (Lipinski definition) is 3. The largest absolute Gasteiger partial charge is 0.317 e. The minimum Gasteiger partial charge on any atom is -0.317 e. The second-order valence-electron chi connectivity index (χ2n) is 5.96. The average molecular weight is 239 g/mol. The van der Waals surface area contributed by atoms with Gasteiger partial charge in [0.05, 0.1) is 0 Å². The summed E-state index contributed by atoms with van der Waals surface area (Å²) >= 11 is 0. The van der Waals surface area contributed by atoms with Gasteiger partial charge in [-0.3, -0.25) is 9.80 Å². The Morgan fingerprint density at radius 3 is 2.00 bits per heavy atom. The van der Waals surface area contributed by atoms with Crippen molar-refractivity contribution in [1.82, 2.24) is 15.1 Å². The molecule has 0 spiro atoms. The van der Waals surface area contributed by atoms with Gasteiger partial charge in [-0.1, -0.05) is 0 Å². The van der Waals surface area contributed by atoms with Crippen LogP contribution >= 0.6 is 0 Å². The molecule has 0 radical (unpaired) electrons. The van der Waals surface area contributed by atoms with Crippen LogP contribution < -0.4 is 5.32 Å². The first-order chi connectivity index (χ1) is 8.20. The van der Waals surface area contributed by atoms with E-state index in [1.807, 2.05) is 0 Å². The monoisotopic (exact) mass is 239 g/mol. The van der Waals surface area contributed by atoms with Gasteiger partial charge in [-0.05, 0) is 46.6 Å². The van der Waals surface area contributed by atoms with Crippen LogP contribution in [0.1, 0.15) is 39.5 Å². The van der Waals surface area contributed by atoms with Crippen molar-refractivity contribution in [3.63, 3.8) is 0 Å². The van der Waals surface area contributed by atoms with Crippen molar-refractivity contribution >= 4 is 0 Å². The van der Waals surface area contributed by atoms with Gasteiger partial charge in [-0.2, -0.15) is 0 Å². The molecule has 1 N–H and O–H groups in total. The Morgan fingerprint density at radius 1 is 0.941 bits per heavy atom. The Kier molecular flexibility index (Phi) is 4.83. The minimum absolute atomic E-state index is 0.720. The van der Waals surface area contributed by atoms with Crippen LogP contribution in [-0.4, -0.2) is 61.2 Å². The van der Waals surface area contributed by atoms with Gasteiger partial charge < -0.3 is 5.32 Å². The van der Waals surface area contributed by atoms with Crippen LogP contribution in [0.2, 0.25) is 0 Å². The zero-order valence-corrected chi connectivity index (χ0v) is 11.8.